The van der Waals surface area contributed by atoms with E-state index >= 15 is 0 Å². The predicted octanol–water partition coefficient (Wildman–Crippen LogP) is 4.35. The van der Waals surface area contributed by atoms with Crippen LogP contribution in [0.25, 0.3) is 17.0 Å². The van der Waals surface area contributed by atoms with Crippen molar-refractivity contribution in [3.05, 3.63) is 103 Å². The van der Waals surface area contributed by atoms with E-state index in [0.717, 1.165) is 10.9 Å². The monoisotopic (exact) mass is 521 g/mol. The van der Waals surface area contributed by atoms with Crippen LogP contribution in [0, 0.1) is 0 Å². The Morgan fingerprint density at radius 1 is 0.949 bits per heavy atom. The van der Waals surface area contributed by atoms with E-state index in [0.29, 0.717) is 22.8 Å². The van der Waals surface area contributed by atoms with Gasteiger partial charge >= 0.3 is 0 Å². The summed E-state index contributed by atoms with van der Waals surface area (Å²) in [4.78, 5) is 44.5. The average molecular weight is 522 g/mol. The number of benzene rings is 3. The van der Waals surface area contributed by atoms with E-state index in [1.807, 2.05) is 42.5 Å². The van der Waals surface area contributed by atoms with Gasteiger partial charge in [0.1, 0.15) is 11.3 Å². The molecule has 1 N–H and O–H groups in total. The molecule has 3 amide bonds. The number of carbonyl (C=O) groups excluding carboxylic acids is 3. The van der Waals surface area contributed by atoms with Crippen LogP contribution < -0.4 is 14.5 Å². The van der Waals surface area contributed by atoms with Gasteiger partial charge in [0, 0.05) is 49.2 Å². The molecule has 1 aliphatic heterocycles. The van der Waals surface area contributed by atoms with Crippen LogP contribution in [0.2, 0.25) is 0 Å². The van der Waals surface area contributed by atoms with Gasteiger partial charge < -0.3 is 14.5 Å². The van der Waals surface area contributed by atoms with Crippen molar-refractivity contribution in [1.82, 2.24) is 15.1 Å². The zero-order chi connectivity index (χ0) is 27.4. The summed E-state index contributed by atoms with van der Waals surface area (Å²) < 4.78 is 5.22. The zero-order valence-corrected chi connectivity index (χ0v) is 21.6. The fourth-order valence-electron chi connectivity index (χ4n) is 4.42. The van der Waals surface area contributed by atoms with Gasteiger partial charge in [-0.25, -0.2) is 0 Å². The Kier molecular flexibility index (Phi) is 7.22. The molecular formula is C30H27N5O4. The molecule has 0 fully saturated rings. The first kappa shape index (κ1) is 25.5. The van der Waals surface area contributed by atoms with Gasteiger partial charge in [-0.15, -0.1) is 0 Å². The van der Waals surface area contributed by atoms with Crippen molar-refractivity contribution >= 4 is 46.1 Å². The number of para-hydroxylation sites is 2. The average Bonchev–Trinajstić information content (AvgIpc) is 3.33. The number of methoxy groups -OCH3 is 1. The predicted molar refractivity (Wildman–Crippen MR) is 150 cm³/mol. The lowest BCUT2D eigenvalue weighted by molar-refractivity contribution is -0.127. The topological polar surface area (TPSA) is 98.8 Å². The SMILES string of the molecule is COc1ccc(N(CCN2C=CN(c3ccccc3)C(=O)C(=Cc3[nH]nc4ccccc34)C2=O)C(C)=O)cc1. The number of amides is 3. The molecule has 0 saturated heterocycles. The van der Waals surface area contributed by atoms with Gasteiger partial charge in [-0.3, -0.25) is 24.4 Å². The lowest BCUT2D eigenvalue weighted by Gasteiger charge is -2.25. The van der Waals surface area contributed by atoms with Crippen molar-refractivity contribution in [3.8, 4) is 5.75 Å². The molecule has 1 aromatic heterocycles. The third kappa shape index (κ3) is 5.28. The molecule has 39 heavy (non-hydrogen) atoms. The van der Waals surface area contributed by atoms with Crippen molar-refractivity contribution in [2.45, 2.75) is 6.92 Å². The summed E-state index contributed by atoms with van der Waals surface area (Å²) in [6.07, 6.45) is 4.70. The Labute approximate surface area is 225 Å². The van der Waals surface area contributed by atoms with E-state index < -0.39 is 11.8 Å². The smallest absolute Gasteiger partial charge is 0.268 e. The molecule has 5 rings (SSSR count). The number of rotatable bonds is 7. The maximum atomic E-state index is 13.8. The molecular weight excluding hydrogens is 494 g/mol. The highest BCUT2D eigenvalue weighted by molar-refractivity contribution is 6.28. The Morgan fingerprint density at radius 2 is 1.67 bits per heavy atom. The Bertz CT molecular complexity index is 1570. The number of aromatic amines is 1. The molecule has 0 saturated carbocycles. The van der Waals surface area contributed by atoms with Crippen LogP contribution in [0.1, 0.15) is 12.6 Å². The summed E-state index contributed by atoms with van der Waals surface area (Å²) in [5.41, 5.74) is 2.55. The van der Waals surface area contributed by atoms with Gasteiger partial charge in [0.25, 0.3) is 11.8 Å². The molecule has 9 nitrogen and oxygen atoms in total. The van der Waals surface area contributed by atoms with Crippen molar-refractivity contribution in [2.24, 2.45) is 0 Å². The largest absolute Gasteiger partial charge is 0.497 e. The second kappa shape index (κ2) is 11.1. The van der Waals surface area contributed by atoms with Gasteiger partial charge in [0.15, 0.2) is 0 Å². The summed E-state index contributed by atoms with van der Waals surface area (Å²) in [6, 6.07) is 23.7. The highest BCUT2D eigenvalue weighted by atomic mass is 16.5. The number of hydrogen-bond acceptors (Lipinski definition) is 5. The van der Waals surface area contributed by atoms with Gasteiger partial charge in [-0.1, -0.05) is 36.4 Å². The minimum Gasteiger partial charge on any atom is -0.497 e. The number of hydrogen-bond donors (Lipinski definition) is 1. The number of nitrogens with zero attached hydrogens (tertiary/aromatic N) is 4. The van der Waals surface area contributed by atoms with Crippen molar-refractivity contribution < 1.29 is 19.1 Å². The summed E-state index contributed by atoms with van der Waals surface area (Å²) in [5.74, 6) is -0.449. The minimum atomic E-state index is -0.480. The molecule has 0 aliphatic carbocycles. The van der Waals surface area contributed by atoms with Crippen molar-refractivity contribution in [3.63, 3.8) is 0 Å². The van der Waals surface area contributed by atoms with E-state index in [4.69, 9.17) is 4.74 Å². The number of fused-ring (bicyclic) bond motifs is 1. The lowest BCUT2D eigenvalue weighted by Crippen LogP contribution is -2.39. The molecule has 0 unspecified atom stereocenters. The zero-order valence-electron chi connectivity index (χ0n) is 21.6. The summed E-state index contributed by atoms with van der Waals surface area (Å²) in [5, 5.41) is 8.02. The fraction of sp³-hybridized carbons (Fsp3) is 0.133. The van der Waals surface area contributed by atoms with Crippen LogP contribution in [-0.4, -0.2) is 53.0 Å². The van der Waals surface area contributed by atoms with Crippen LogP contribution in [0.4, 0.5) is 11.4 Å². The van der Waals surface area contributed by atoms with Crippen LogP contribution >= 0.6 is 0 Å². The number of anilines is 2. The first-order chi connectivity index (χ1) is 19.0. The van der Waals surface area contributed by atoms with E-state index in [1.54, 1.807) is 66.9 Å². The highest BCUT2D eigenvalue weighted by Crippen LogP contribution is 2.25. The fourth-order valence-corrected chi connectivity index (χ4v) is 4.42. The van der Waals surface area contributed by atoms with Gasteiger partial charge in [-0.05, 0) is 48.5 Å². The van der Waals surface area contributed by atoms with E-state index in [2.05, 4.69) is 10.2 Å². The summed E-state index contributed by atoms with van der Waals surface area (Å²) >= 11 is 0. The number of nitrogens with one attached hydrogen (secondary N) is 1. The number of carbonyl (C=O) groups is 3. The molecule has 196 valence electrons. The van der Waals surface area contributed by atoms with Gasteiger partial charge in [-0.2, -0.15) is 5.10 Å². The lowest BCUT2D eigenvalue weighted by atomic mass is 10.1. The second-order valence-electron chi connectivity index (χ2n) is 8.89. The first-order valence-electron chi connectivity index (χ1n) is 12.4. The molecule has 2 heterocycles. The molecule has 0 radical (unpaired) electrons. The molecule has 0 spiro atoms. The van der Waals surface area contributed by atoms with Crippen molar-refractivity contribution in [1.29, 1.82) is 0 Å². The molecule has 9 heteroatoms. The second-order valence-corrected chi connectivity index (χ2v) is 8.89. The van der Waals surface area contributed by atoms with Gasteiger partial charge in [0.2, 0.25) is 5.91 Å². The van der Waals surface area contributed by atoms with Crippen molar-refractivity contribution in [2.75, 3.05) is 30.0 Å². The van der Waals surface area contributed by atoms with E-state index in [-0.39, 0.29) is 24.6 Å². The maximum Gasteiger partial charge on any atom is 0.268 e. The first-order valence-corrected chi connectivity index (χ1v) is 12.4. The van der Waals surface area contributed by atoms with E-state index in [9.17, 15) is 14.4 Å². The Morgan fingerprint density at radius 3 is 2.38 bits per heavy atom. The molecule has 3 aromatic carbocycles. The van der Waals surface area contributed by atoms with E-state index in [1.165, 1.54) is 16.7 Å². The van der Waals surface area contributed by atoms with Crippen LogP contribution in [0.3, 0.4) is 0 Å². The summed E-state index contributed by atoms with van der Waals surface area (Å²) in [7, 11) is 1.58. The van der Waals surface area contributed by atoms with Crippen LogP contribution in [0.15, 0.2) is 96.8 Å². The van der Waals surface area contributed by atoms with Crippen LogP contribution in [0.5, 0.6) is 5.75 Å². The Balaban J connectivity index is 1.49. The third-order valence-electron chi connectivity index (χ3n) is 6.48. The molecule has 0 bridgehead atoms. The highest BCUT2D eigenvalue weighted by Gasteiger charge is 2.31. The quantitative estimate of drug-likeness (QED) is 0.288. The van der Waals surface area contributed by atoms with Crippen LogP contribution in [-0.2, 0) is 14.4 Å². The number of aromatic nitrogens is 2. The third-order valence-corrected chi connectivity index (χ3v) is 6.48. The summed E-state index contributed by atoms with van der Waals surface area (Å²) in [6.45, 7) is 1.86. The standard InChI is InChI=1S/C30H27N5O4/c1-21(36)34(23-12-14-24(39-2)15-13-23)18-16-33-17-19-35(22-8-4-3-5-9-22)30(38)26(29(33)37)20-28-25-10-6-7-11-27(25)31-32-28/h3-15,17,19-20H,16,18H2,1-2H3,(H,31,32). The number of H-pyrrole nitrogens is 1. The molecule has 1 aliphatic rings. The number of ether oxygens (including phenoxy) is 1. The normalized spacial score (nSPS) is 14.7. The molecule has 0 atom stereocenters. The van der Waals surface area contributed by atoms with Gasteiger partial charge in [0.05, 0.1) is 18.3 Å². The maximum absolute atomic E-state index is 13.8. The molecule has 4 aromatic rings. The minimum absolute atomic E-state index is 0.0305. The Hall–Kier alpha value is -5.18.